The molecule has 1 fully saturated rings. The molecule has 1 rings (SSSR count). The Labute approximate surface area is 103 Å². The summed E-state index contributed by atoms with van der Waals surface area (Å²) in [6.45, 7) is 5.70. The monoisotopic (exact) mass is 263 g/mol. The summed E-state index contributed by atoms with van der Waals surface area (Å²) < 4.78 is 25.7. The van der Waals surface area contributed by atoms with Crippen LogP contribution in [-0.2, 0) is 14.8 Å². The van der Waals surface area contributed by atoms with Crippen molar-refractivity contribution in [3.63, 3.8) is 0 Å². The van der Waals surface area contributed by atoms with Gasteiger partial charge in [-0.1, -0.05) is 20.8 Å². The minimum Gasteiger partial charge on any atom is -0.481 e. The van der Waals surface area contributed by atoms with E-state index in [0.717, 1.165) is 12.8 Å². The van der Waals surface area contributed by atoms with Crippen LogP contribution in [0, 0.1) is 5.41 Å². The van der Waals surface area contributed by atoms with E-state index in [1.54, 1.807) is 0 Å². The van der Waals surface area contributed by atoms with Gasteiger partial charge in [-0.3, -0.25) is 4.79 Å². The highest BCUT2D eigenvalue weighted by Crippen LogP contribution is 2.31. The quantitative estimate of drug-likeness (QED) is 0.784. The summed E-state index contributed by atoms with van der Waals surface area (Å²) in [5.41, 5.74) is -0.310. The van der Waals surface area contributed by atoms with E-state index in [4.69, 9.17) is 5.11 Å². The van der Waals surface area contributed by atoms with Gasteiger partial charge in [-0.05, 0) is 18.3 Å². The minimum absolute atomic E-state index is 0.0294. The van der Waals surface area contributed by atoms with Gasteiger partial charge in [0.05, 0.1) is 12.2 Å². The van der Waals surface area contributed by atoms with Gasteiger partial charge >= 0.3 is 5.97 Å². The van der Waals surface area contributed by atoms with Gasteiger partial charge < -0.3 is 5.11 Å². The standard InChI is InChI=1S/C11H21NO4S/c1-11(2,3)8-17(15,16)12(9-4-5-9)7-6-10(13)14/h9H,4-8H2,1-3H3,(H,13,14). The summed E-state index contributed by atoms with van der Waals surface area (Å²) in [4.78, 5) is 10.5. The number of nitrogens with zero attached hydrogens (tertiary/aromatic N) is 1. The van der Waals surface area contributed by atoms with Crippen molar-refractivity contribution in [2.45, 2.75) is 46.1 Å². The van der Waals surface area contributed by atoms with Gasteiger partial charge in [-0.25, -0.2) is 8.42 Å². The smallest absolute Gasteiger partial charge is 0.304 e. The van der Waals surface area contributed by atoms with Crippen LogP contribution in [0.5, 0.6) is 0 Å². The van der Waals surface area contributed by atoms with Crippen molar-refractivity contribution in [3.8, 4) is 0 Å². The average Bonchev–Trinajstić information content (AvgIpc) is 2.81. The predicted octanol–water partition coefficient (Wildman–Crippen LogP) is 1.30. The normalized spacial score (nSPS) is 17.4. The largest absolute Gasteiger partial charge is 0.481 e. The summed E-state index contributed by atoms with van der Waals surface area (Å²) in [6.07, 6.45) is 1.58. The van der Waals surface area contributed by atoms with Crippen LogP contribution in [0.25, 0.3) is 0 Å². The fourth-order valence-electron chi connectivity index (χ4n) is 1.75. The third kappa shape index (κ3) is 5.04. The number of hydrogen-bond donors (Lipinski definition) is 1. The zero-order valence-corrected chi connectivity index (χ0v) is 11.5. The highest BCUT2D eigenvalue weighted by molar-refractivity contribution is 7.89. The van der Waals surface area contributed by atoms with E-state index >= 15 is 0 Å². The highest BCUT2D eigenvalue weighted by Gasteiger charge is 2.38. The topological polar surface area (TPSA) is 74.7 Å². The van der Waals surface area contributed by atoms with Crippen molar-refractivity contribution in [1.82, 2.24) is 4.31 Å². The Morgan fingerprint density at radius 1 is 1.35 bits per heavy atom. The summed E-state index contributed by atoms with van der Waals surface area (Å²) >= 11 is 0. The molecule has 17 heavy (non-hydrogen) atoms. The molecular weight excluding hydrogens is 242 g/mol. The number of aliphatic carboxylic acids is 1. The molecule has 6 heteroatoms. The van der Waals surface area contributed by atoms with Crippen molar-refractivity contribution in [2.24, 2.45) is 5.41 Å². The van der Waals surface area contributed by atoms with Gasteiger partial charge in [0.15, 0.2) is 0 Å². The van der Waals surface area contributed by atoms with Crippen LogP contribution in [0.15, 0.2) is 0 Å². The maximum atomic E-state index is 12.2. The van der Waals surface area contributed by atoms with E-state index in [-0.39, 0.29) is 30.2 Å². The van der Waals surface area contributed by atoms with Gasteiger partial charge in [0.25, 0.3) is 0 Å². The Morgan fingerprint density at radius 3 is 2.24 bits per heavy atom. The molecule has 0 bridgehead atoms. The molecule has 0 aromatic carbocycles. The Bertz CT molecular complexity index is 379. The van der Waals surface area contributed by atoms with Crippen molar-refractivity contribution in [2.75, 3.05) is 12.3 Å². The first kappa shape index (κ1) is 14.4. The summed E-state index contributed by atoms with van der Waals surface area (Å²) in [6, 6.07) is 0.0294. The molecule has 0 radical (unpaired) electrons. The lowest BCUT2D eigenvalue weighted by Crippen LogP contribution is -2.39. The lowest BCUT2D eigenvalue weighted by Gasteiger charge is -2.26. The molecule has 0 spiro atoms. The first-order chi connectivity index (χ1) is 7.62. The molecule has 0 amide bonds. The fraction of sp³-hybridized carbons (Fsp3) is 0.909. The molecule has 5 nitrogen and oxygen atoms in total. The van der Waals surface area contributed by atoms with Crippen LogP contribution in [-0.4, -0.2) is 42.1 Å². The maximum absolute atomic E-state index is 12.2. The van der Waals surface area contributed by atoms with Crippen LogP contribution < -0.4 is 0 Å². The second kappa shape index (κ2) is 4.94. The second-order valence-corrected chi connectivity index (χ2v) is 7.72. The maximum Gasteiger partial charge on any atom is 0.304 e. The number of rotatable bonds is 6. The third-order valence-corrected chi connectivity index (χ3v) is 4.90. The van der Waals surface area contributed by atoms with Crippen LogP contribution >= 0.6 is 0 Å². The fourth-order valence-corrected chi connectivity index (χ4v) is 4.04. The zero-order chi connectivity index (χ0) is 13.3. The molecule has 100 valence electrons. The Kier molecular flexibility index (Phi) is 4.19. The molecule has 1 saturated carbocycles. The number of sulfonamides is 1. The molecular formula is C11H21NO4S. The van der Waals surface area contributed by atoms with Crippen molar-refractivity contribution in [3.05, 3.63) is 0 Å². The molecule has 0 heterocycles. The molecule has 0 atom stereocenters. The molecule has 0 aromatic rings. The van der Waals surface area contributed by atoms with Gasteiger partial charge in [0, 0.05) is 12.6 Å². The minimum atomic E-state index is -3.34. The van der Waals surface area contributed by atoms with Gasteiger partial charge in [-0.15, -0.1) is 0 Å². The third-order valence-electron chi connectivity index (χ3n) is 2.47. The molecule has 0 unspecified atom stereocenters. The van der Waals surface area contributed by atoms with Gasteiger partial charge in [-0.2, -0.15) is 4.31 Å². The Balaban J connectivity index is 2.72. The van der Waals surface area contributed by atoms with E-state index < -0.39 is 16.0 Å². The van der Waals surface area contributed by atoms with Gasteiger partial charge in [0.1, 0.15) is 0 Å². The van der Waals surface area contributed by atoms with Crippen molar-refractivity contribution in [1.29, 1.82) is 0 Å². The van der Waals surface area contributed by atoms with E-state index in [0.29, 0.717) is 0 Å². The first-order valence-electron chi connectivity index (χ1n) is 5.83. The van der Waals surface area contributed by atoms with E-state index in [2.05, 4.69) is 0 Å². The van der Waals surface area contributed by atoms with Crippen LogP contribution in [0.4, 0.5) is 0 Å². The summed E-state index contributed by atoms with van der Waals surface area (Å²) in [5, 5.41) is 8.64. The first-order valence-corrected chi connectivity index (χ1v) is 7.44. The molecule has 1 aliphatic carbocycles. The Morgan fingerprint density at radius 2 is 1.88 bits per heavy atom. The molecule has 0 aliphatic heterocycles. The number of carboxylic acid groups (broad SMARTS) is 1. The molecule has 0 saturated heterocycles. The number of carboxylic acids is 1. The highest BCUT2D eigenvalue weighted by atomic mass is 32.2. The summed E-state index contributed by atoms with van der Waals surface area (Å²) in [7, 11) is -3.34. The second-order valence-electron chi connectivity index (χ2n) is 5.80. The predicted molar refractivity (Wildman–Crippen MR) is 65.2 cm³/mol. The SMILES string of the molecule is CC(C)(C)CS(=O)(=O)N(CCC(=O)O)C1CC1. The molecule has 1 N–H and O–H groups in total. The number of carbonyl (C=O) groups is 1. The van der Waals surface area contributed by atoms with E-state index in [1.165, 1.54) is 4.31 Å². The molecule has 0 aromatic heterocycles. The zero-order valence-electron chi connectivity index (χ0n) is 10.6. The van der Waals surface area contributed by atoms with Crippen LogP contribution in [0.3, 0.4) is 0 Å². The summed E-state index contributed by atoms with van der Waals surface area (Å²) in [5.74, 6) is -0.891. The van der Waals surface area contributed by atoms with Crippen molar-refractivity contribution >= 4 is 16.0 Å². The molecule has 1 aliphatic rings. The average molecular weight is 263 g/mol. The van der Waals surface area contributed by atoms with Crippen LogP contribution in [0.1, 0.15) is 40.0 Å². The van der Waals surface area contributed by atoms with E-state index in [1.807, 2.05) is 20.8 Å². The lowest BCUT2D eigenvalue weighted by atomic mass is 10.0. The van der Waals surface area contributed by atoms with Crippen LogP contribution in [0.2, 0.25) is 0 Å². The van der Waals surface area contributed by atoms with E-state index in [9.17, 15) is 13.2 Å². The van der Waals surface area contributed by atoms with Crippen molar-refractivity contribution < 1.29 is 18.3 Å². The Hall–Kier alpha value is -0.620. The lowest BCUT2D eigenvalue weighted by molar-refractivity contribution is -0.137. The number of hydrogen-bond acceptors (Lipinski definition) is 3. The van der Waals surface area contributed by atoms with Gasteiger partial charge in [0.2, 0.25) is 10.0 Å².